The lowest BCUT2D eigenvalue weighted by atomic mass is 10.0. The average Bonchev–Trinajstić information content (AvgIpc) is 3.07. The molecule has 1 heterocycles. The van der Waals surface area contributed by atoms with E-state index >= 15 is 0 Å². The molecule has 2 aromatic carbocycles. The number of aliphatic hydroxyl groups excluding tert-OH is 1. The van der Waals surface area contributed by atoms with Gasteiger partial charge >= 0.3 is 0 Å². The van der Waals surface area contributed by atoms with Crippen molar-refractivity contribution in [1.82, 2.24) is 9.55 Å². The first-order chi connectivity index (χ1) is 14.2. The summed E-state index contributed by atoms with van der Waals surface area (Å²) in [5.74, 6) is 9.60. The van der Waals surface area contributed by atoms with Crippen molar-refractivity contribution in [3.8, 4) is 29.0 Å². The molecule has 0 spiro atoms. The fourth-order valence-corrected chi connectivity index (χ4v) is 3.88. The summed E-state index contributed by atoms with van der Waals surface area (Å²) in [5, 5.41) is 9.73. The summed E-state index contributed by atoms with van der Waals surface area (Å²) < 4.78 is 7.68. The largest absolute Gasteiger partial charge is 0.494 e. The molecule has 0 saturated heterocycles. The van der Waals surface area contributed by atoms with Gasteiger partial charge in [-0.25, -0.2) is 15.0 Å². The van der Waals surface area contributed by atoms with E-state index in [9.17, 15) is 5.11 Å². The van der Waals surface area contributed by atoms with Crippen LogP contribution in [0.2, 0.25) is 0 Å². The molecule has 30 heavy (non-hydrogen) atoms. The van der Waals surface area contributed by atoms with Gasteiger partial charge in [-0.1, -0.05) is 50.0 Å². The van der Waals surface area contributed by atoms with Gasteiger partial charge in [-0.15, -0.1) is 0 Å². The Morgan fingerprint density at radius 1 is 1.10 bits per heavy atom. The van der Waals surface area contributed by atoms with E-state index in [0.29, 0.717) is 12.5 Å². The molecule has 0 bridgehead atoms. The van der Waals surface area contributed by atoms with E-state index < -0.39 is 10.0 Å². The molecule has 160 valence electrons. The number of hydrogen-bond acceptors (Lipinski definition) is 3. The van der Waals surface area contributed by atoms with Gasteiger partial charge in [0.25, 0.3) is 0 Å². The van der Waals surface area contributed by atoms with E-state index in [1.165, 1.54) is 5.56 Å². The summed E-state index contributed by atoms with van der Waals surface area (Å²) in [6, 6.07) is 12.4. The van der Waals surface area contributed by atoms with Crippen LogP contribution in [0.25, 0.3) is 22.4 Å². The van der Waals surface area contributed by atoms with Crippen LogP contribution in [0.3, 0.4) is 0 Å². The molecule has 0 aliphatic carbocycles. The van der Waals surface area contributed by atoms with Crippen molar-refractivity contribution in [2.24, 2.45) is 0 Å². The molecule has 0 aliphatic heterocycles. The number of methoxy groups -OCH3 is 1. The highest BCUT2D eigenvalue weighted by molar-refractivity contribution is 8.32. The molecule has 0 amide bonds. The topological polar surface area (TPSA) is 47.3 Å². The van der Waals surface area contributed by atoms with E-state index in [2.05, 4.69) is 68.7 Å². The minimum absolute atomic E-state index is 0.0228. The summed E-state index contributed by atoms with van der Waals surface area (Å²) in [5.41, 5.74) is 4.90. The Kier molecular flexibility index (Phi) is 6.80. The van der Waals surface area contributed by atoms with Crippen LogP contribution in [0, 0.1) is 11.8 Å². The molecule has 3 aromatic rings. The third-order valence-electron chi connectivity index (χ3n) is 4.96. The lowest BCUT2D eigenvalue weighted by Crippen LogP contribution is -2.05. The number of aliphatic hydroxyl groups is 1. The summed E-state index contributed by atoms with van der Waals surface area (Å²) in [7, 11) is 0.980. The third kappa shape index (κ3) is 4.83. The zero-order chi connectivity index (χ0) is 21.9. The Balaban J connectivity index is 2.20. The van der Waals surface area contributed by atoms with Crippen LogP contribution in [0.4, 0.5) is 0 Å². The van der Waals surface area contributed by atoms with Crippen LogP contribution in [-0.4, -0.2) is 52.9 Å². The summed E-state index contributed by atoms with van der Waals surface area (Å²) in [4.78, 5) is 4.98. The van der Waals surface area contributed by atoms with Gasteiger partial charge in [0.05, 0.1) is 19.3 Å². The van der Waals surface area contributed by atoms with Crippen molar-refractivity contribution in [2.45, 2.75) is 26.3 Å². The molecule has 0 saturated carbocycles. The number of ether oxygens (including phenoxy) is 1. The molecule has 1 N–H and O–H groups in total. The average molecular weight is 425 g/mol. The maximum absolute atomic E-state index is 9.73. The number of aromatic nitrogens is 2. The van der Waals surface area contributed by atoms with Gasteiger partial charge in [-0.3, -0.25) is 0 Å². The lowest BCUT2D eigenvalue weighted by molar-refractivity contribution is 0.278. The van der Waals surface area contributed by atoms with Gasteiger partial charge in [0.15, 0.2) is 0 Å². The molecule has 1 aromatic heterocycles. The van der Waals surface area contributed by atoms with E-state index in [-0.39, 0.29) is 6.61 Å². The normalized spacial score (nSPS) is 12.1. The number of fused-ring (bicyclic) bond motifs is 1. The Bertz CT molecular complexity index is 1080. The maximum atomic E-state index is 9.73. The van der Waals surface area contributed by atoms with Gasteiger partial charge in [-0.05, 0) is 42.4 Å². The van der Waals surface area contributed by atoms with Gasteiger partial charge in [0.2, 0.25) is 0 Å². The van der Waals surface area contributed by atoms with Gasteiger partial charge < -0.3 is 14.4 Å². The number of nitrogens with zero attached hydrogens (tertiary/aromatic N) is 2. The predicted octanol–water partition coefficient (Wildman–Crippen LogP) is 4.87. The molecule has 5 heteroatoms. The molecule has 0 fully saturated rings. The van der Waals surface area contributed by atoms with Gasteiger partial charge in [-0.2, -0.15) is 0 Å². The Hall–Kier alpha value is -2.42. The molecule has 0 aliphatic rings. The zero-order valence-electron chi connectivity index (χ0n) is 18.8. The lowest BCUT2D eigenvalue weighted by Gasteiger charge is -2.20. The van der Waals surface area contributed by atoms with Gasteiger partial charge in [0, 0.05) is 17.9 Å². The zero-order valence-corrected chi connectivity index (χ0v) is 19.6. The molecular formula is C25H32N2O2S. The summed E-state index contributed by atoms with van der Waals surface area (Å²) in [6.07, 6.45) is 6.79. The first kappa shape index (κ1) is 22.3. The van der Waals surface area contributed by atoms with Crippen molar-refractivity contribution in [3.63, 3.8) is 0 Å². The first-order valence-electron chi connectivity index (χ1n) is 10.2. The number of rotatable bonds is 6. The highest BCUT2D eigenvalue weighted by Crippen LogP contribution is 2.35. The Morgan fingerprint density at radius 2 is 1.80 bits per heavy atom. The second kappa shape index (κ2) is 9.16. The van der Waals surface area contributed by atoms with E-state index in [1.54, 1.807) is 7.11 Å². The maximum Gasteiger partial charge on any atom is 0.144 e. The summed E-state index contributed by atoms with van der Waals surface area (Å²) in [6.45, 7) is 4.84. The highest BCUT2D eigenvalue weighted by atomic mass is 32.3. The van der Waals surface area contributed by atoms with E-state index in [0.717, 1.165) is 39.5 Å². The standard InChI is InChI=1S/C25H32N2O2S/c1-18(2)19-9-11-21(12-10-19)25-26-23-20(8-7-17-30(4,5)6)13-14-22(29-3)24(23)27(25)15-16-28/h9-14,18,28H,15-17H2,1-6H3. The van der Waals surface area contributed by atoms with E-state index in [1.807, 2.05) is 16.7 Å². The molecule has 0 atom stereocenters. The van der Waals surface area contributed by atoms with Crippen molar-refractivity contribution in [2.75, 3.05) is 38.2 Å². The summed E-state index contributed by atoms with van der Waals surface area (Å²) >= 11 is 0. The van der Waals surface area contributed by atoms with Crippen LogP contribution in [0.1, 0.15) is 30.9 Å². The van der Waals surface area contributed by atoms with Crippen molar-refractivity contribution < 1.29 is 9.84 Å². The number of imidazole rings is 1. The van der Waals surface area contributed by atoms with Crippen molar-refractivity contribution >= 4 is 21.1 Å². The van der Waals surface area contributed by atoms with Crippen LogP contribution in [0.5, 0.6) is 5.75 Å². The van der Waals surface area contributed by atoms with Crippen molar-refractivity contribution in [3.05, 3.63) is 47.5 Å². The van der Waals surface area contributed by atoms with Crippen molar-refractivity contribution in [1.29, 1.82) is 0 Å². The SMILES string of the molecule is COc1ccc(C#CCS(C)(C)C)c2nc(-c3ccc(C(C)C)cc3)n(CCO)c12. The monoisotopic (exact) mass is 424 g/mol. The molecule has 0 radical (unpaired) electrons. The molecular weight excluding hydrogens is 392 g/mol. The van der Waals surface area contributed by atoms with Gasteiger partial charge in [0.1, 0.15) is 22.6 Å². The minimum atomic E-state index is -0.683. The quantitative estimate of drug-likeness (QED) is 0.574. The predicted molar refractivity (Wildman–Crippen MR) is 130 cm³/mol. The van der Waals surface area contributed by atoms with Crippen LogP contribution < -0.4 is 4.74 Å². The number of benzene rings is 2. The fraction of sp³-hybridized carbons (Fsp3) is 0.400. The molecule has 4 nitrogen and oxygen atoms in total. The highest BCUT2D eigenvalue weighted by Gasteiger charge is 2.18. The molecule has 3 rings (SSSR count). The fourth-order valence-electron chi connectivity index (χ4n) is 3.38. The molecule has 0 unspecified atom stereocenters. The second-order valence-corrected chi connectivity index (χ2v) is 13.1. The Labute approximate surface area is 181 Å². The van der Waals surface area contributed by atoms with Crippen LogP contribution in [-0.2, 0) is 6.54 Å². The smallest absolute Gasteiger partial charge is 0.144 e. The third-order valence-corrected chi connectivity index (χ3v) is 5.98. The van der Waals surface area contributed by atoms with Crippen LogP contribution in [0.15, 0.2) is 36.4 Å². The van der Waals surface area contributed by atoms with Crippen LogP contribution >= 0.6 is 10.0 Å². The first-order valence-corrected chi connectivity index (χ1v) is 13.2. The van der Waals surface area contributed by atoms with E-state index in [4.69, 9.17) is 9.72 Å². The Morgan fingerprint density at radius 3 is 2.37 bits per heavy atom. The minimum Gasteiger partial charge on any atom is -0.494 e. The second-order valence-electron chi connectivity index (χ2n) is 8.64. The number of hydrogen-bond donors (Lipinski definition) is 1.